The molecule has 1 nitrogen and oxygen atoms in total. The molecule has 0 unspecified atom stereocenters. The molecule has 3 heteroatoms. The van der Waals surface area contributed by atoms with E-state index in [-0.39, 0.29) is 40.4 Å². The zero-order valence-corrected chi connectivity index (χ0v) is 14.9. The molecule has 0 amide bonds. The van der Waals surface area contributed by atoms with Gasteiger partial charge < -0.3 is 5.11 Å². The number of phenols is 1. The molecule has 1 radical (unpaired) electrons. The second-order valence-corrected chi connectivity index (χ2v) is 6.91. The molecule has 0 aliphatic carbocycles. The minimum Gasteiger partial charge on any atom is -0.507 e. The van der Waals surface area contributed by atoms with Crippen molar-refractivity contribution in [3.8, 4) is 5.75 Å². The van der Waals surface area contributed by atoms with E-state index in [0.717, 1.165) is 16.0 Å². The van der Waals surface area contributed by atoms with E-state index in [9.17, 15) is 5.11 Å². The molecular formula is C14H22NaOS. The van der Waals surface area contributed by atoms with Crippen molar-refractivity contribution in [2.24, 2.45) is 0 Å². The fraction of sp³-hybridized carbons (Fsp3) is 0.571. The fourth-order valence-corrected chi connectivity index (χ4v) is 2.02. The van der Waals surface area contributed by atoms with Gasteiger partial charge in [0.15, 0.2) is 0 Å². The molecule has 0 heterocycles. The van der Waals surface area contributed by atoms with Crippen LogP contribution in [-0.2, 0) is 10.8 Å². The standard InChI is InChI=1S/C14H22OS.Na/c1-13(2,3)10-7-9(16)8-11(12(10)15)14(4,5)6;/h7-8,15-16H,1-6H3;. The average molecular weight is 261 g/mol. The Bertz CT molecular complexity index is 365. The summed E-state index contributed by atoms with van der Waals surface area (Å²) in [7, 11) is 0. The molecule has 0 atom stereocenters. The van der Waals surface area contributed by atoms with Crippen LogP contribution in [0.5, 0.6) is 5.75 Å². The summed E-state index contributed by atoms with van der Waals surface area (Å²) in [4.78, 5) is 0.910. The summed E-state index contributed by atoms with van der Waals surface area (Å²) in [6.07, 6.45) is 0. The fourth-order valence-electron chi connectivity index (χ4n) is 1.76. The van der Waals surface area contributed by atoms with Crippen LogP contribution in [0.4, 0.5) is 0 Å². The Morgan fingerprint density at radius 2 is 1.18 bits per heavy atom. The van der Waals surface area contributed by atoms with Crippen LogP contribution in [0.15, 0.2) is 17.0 Å². The zero-order chi connectivity index (χ0) is 12.7. The zero-order valence-electron chi connectivity index (χ0n) is 12.0. The van der Waals surface area contributed by atoms with Gasteiger partial charge in [-0.3, -0.25) is 0 Å². The molecule has 1 aromatic rings. The summed E-state index contributed by atoms with van der Waals surface area (Å²) in [5, 5.41) is 10.4. The van der Waals surface area contributed by atoms with Crippen molar-refractivity contribution in [3.05, 3.63) is 23.3 Å². The molecule has 0 aliphatic rings. The number of benzene rings is 1. The molecular weight excluding hydrogens is 239 g/mol. The van der Waals surface area contributed by atoms with Crippen LogP contribution in [0.25, 0.3) is 0 Å². The predicted molar refractivity (Wildman–Crippen MR) is 78.5 cm³/mol. The average Bonchev–Trinajstić information content (AvgIpc) is 2.04. The van der Waals surface area contributed by atoms with E-state index >= 15 is 0 Å². The summed E-state index contributed by atoms with van der Waals surface area (Å²) >= 11 is 4.42. The number of hydrogen-bond donors (Lipinski definition) is 2. The van der Waals surface area contributed by atoms with Crippen LogP contribution in [0, 0.1) is 0 Å². The molecule has 91 valence electrons. The van der Waals surface area contributed by atoms with E-state index in [0.29, 0.717) is 5.75 Å². The van der Waals surface area contributed by atoms with Gasteiger partial charge >= 0.3 is 0 Å². The Morgan fingerprint density at radius 3 is 1.41 bits per heavy atom. The molecule has 17 heavy (non-hydrogen) atoms. The number of phenolic OH excluding ortho intramolecular Hbond substituents is 1. The first-order valence-corrected chi connectivity index (χ1v) is 6.05. The predicted octanol–water partition coefficient (Wildman–Crippen LogP) is 3.90. The van der Waals surface area contributed by atoms with Gasteiger partial charge in [0.1, 0.15) is 5.75 Å². The SMILES string of the molecule is CC(C)(C)c1cc(S)cc(C(C)(C)C)c1O.[Na]. The Morgan fingerprint density at radius 1 is 0.882 bits per heavy atom. The van der Waals surface area contributed by atoms with E-state index in [1.54, 1.807) is 0 Å². The molecule has 0 aliphatic heterocycles. The summed E-state index contributed by atoms with van der Waals surface area (Å²) in [5.74, 6) is 0.415. The Hall–Kier alpha value is 0.370. The molecule has 0 saturated carbocycles. The van der Waals surface area contributed by atoms with Crippen molar-refractivity contribution < 1.29 is 5.11 Å². The Labute approximate surface area is 133 Å². The van der Waals surface area contributed by atoms with Gasteiger partial charge in [-0.15, -0.1) is 12.6 Å². The molecule has 1 aromatic carbocycles. The van der Waals surface area contributed by atoms with E-state index < -0.39 is 0 Å². The van der Waals surface area contributed by atoms with E-state index in [4.69, 9.17) is 0 Å². The Kier molecular flexibility index (Phi) is 5.68. The topological polar surface area (TPSA) is 20.2 Å². The van der Waals surface area contributed by atoms with Gasteiger partial charge in [-0.2, -0.15) is 0 Å². The van der Waals surface area contributed by atoms with Crippen molar-refractivity contribution in [1.82, 2.24) is 0 Å². The minimum absolute atomic E-state index is 0. The van der Waals surface area contributed by atoms with E-state index in [1.807, 2.05) is 12.1 Å². The molecule has 0 saturated heterocycles. The van der Waals surface area contributed by atoms with Gasteiger partial charge in [-0.25, -0.2) is 0 Å². The molecule has 1 rings (SSSR count). The Balaban J connectivity index is 0.00000256. The van der Waals surface area contributed by atoms with Crippen LogP contribution in [0.3, 0.4) is 0 Å². The maximum Gasteiger partial charge on any atom is 0.123 e. The normalized spacial score (nSPS) is 12.2. The number of hydrogen-bond acceptors (Lipinski definition) is 2. The smallest absolute Gasteiger partial charge is 0.123 e. The second kappa shape index (κ2) is 5.56. The third-order valence-electron chi connectivity index (χ3n) is 2.71. The van der Waals surface area contributed by atoms with Crippen molar-refractivity contribution in [3.63, 3.8) is 0 Å². The molecule has 0 bridgehead atoms. The quantitative estimate of drug-likeness (QED) is 0.536. The van der Waals surface area contributed by atoms with E-state index in [2.05, 4.69) is 54.2 Å². The maximum absolute atomic E-state index is 10.4. The summed E-state index contributed by atoms with van der Waals surface area (Å²) in [6, 6.07) is 3.90. The van der Waals surface area contributed by atoms with Crippen molar-refractivity contribution >= 4 is 42.2 Å². The number of thiol groups is 1. The minimum atomic E-state index is -0.0666. The van der Waals surface area contributed by atoms with Crippen LogP contribution in [-0.4, -0.2) is 34.7 Å². The van der Waals surface area contributed by atoms with Crippen LogP contribution in [0.2, 0.25) is 0 Å². The van der Waals surface area contributed by atoms with Crippen LogP contribution in [0.1, 0.15) is 52.7 Å². The van der Waals surface area contributed by atoms with Gasteiger partial charge in [-0.05, 0) is 23.0 Å². The van der Waals surface area contributed by atoms with E-state index in [1.165, 1.54) is 0 Å². The van der Waals surface area contributed by atoms with Gasteiger partial charge in [0.25, 0.3) is 0 Å². The maximum atomic E-state index is 10.4. The monoisotopic (exact) mass is 261 g/mol. The summed E-state index contributed by atoms with van der Waals surface area (Å²) in [6.45, 7) is 12.6. The molecule has 1 N–H and O–H groups in total. The number of rotatable bonds is 0. The van der Waals surface area contributed by atoms with Crippen molar-refractivity contribution in [2.45, 2.75) is 57.3 Å². The number of aromatic hydroxyl groups is 1. The first kappa shape index (κ1) is 17.4. The third-order valence-corrected chi connectivity index (χ3v) is 2.97. The van der Waals surface area contributed by atoms with Crippen LogP contribution >= 0.6 is 12.6 Å². The largest absolute Gasteiger partial charge is 0.507 e. The molecule has 0 fully saturated rings. The van der Waals surface area contributed by atoms with Gasteiger partial charge in [0.05, 0.1) is 0 Å². The van der Waals surface area contributed by atoms with Crippen molar-refractivity contribution in [2.75, 3.05) is 0 Å². The van der Waals surface area contributed by atoms with Crippen molar-refractivity contribution in [1.29, 1.82) is 0 Å². The summed E-state index contributed by atoms with van der Waals surface area (Å²) < 4.78 is 0. The van der Waals surface area contributed by atoms with Gasteiger partial charge in [0, 0.05) is 45.6 Å². The first-order valence-electron chi connectivity index (χ1n) is 5.60. The van der Waals surface area contributed by atoms with Gasteiger partial charge in [-0.1, -0.05) is 41.5 Å². The third kappa shape index (κ3) is 4.20. The molecule has 0 spiro atoms. The van der Waals surface area contributed by atoms with Gasteiger partial charge in [0.2, 0.25) is 0 Å². The summed E-state index contributed by atoms with van der Waals surface area (Å²) in [5.41, 5.74) is 1.79. The second-order valence-electron chi connectivity index (χ2n) is 6.39. The van der Waals surface area contributed by atoms with Crippen LogP contribution < -0.4 is 0 Å². The molecule has 0 aromatic heterocycles. The first-order chi connectivity index (χ1) is 7.03.